The van der Waals surface area contributed by atoms with Crippen LogP contribution in [0.5, 0.6) is 0 Å². The van der Waals surface area contributed by atoms with Crippen LogP contribution < -0.4 is 10.2 Å². The summed E-state index contributed by atoms with van der Waals surface area (Å²) in [5.74, 6) is -0.389. The molecule has 2 heterocycles. The third-order valence-electron chi connectivity index (χ3n) is 4.94. The molecule has 3 aromatic rings. The molecule has 4 rings (SSSR count). The van der Waals surface area contributed by atoms with E-state index >= 15 is 0 Å². The summed E-state index contributed by atoms with van der Waals surface area (Å²) in [7, 11) is 0. The Labute approximate surface area is 155 Å². The van der Waals surface area contributed by atoms with Crippen LogP contribution in [-0.4, -0.2) is 24.0 Å². The van der Waals surface area contributed by atoms with Crippen molar-refractivity contribution in [1.29, 1.82) is 0 Å². The molecule has 1 unspecified atom stereocenters. The zero-order valence-corrected chi connectivity index (χ0v) is 15.4. The number of benzene rings is 2. The number of anilines is 1. The Balaban J connectivity index is 1.46. The summed E-state index contributed by atoms with van der Waals surface area (Å²) in [6, 6.07) is 13.2. The molecule has 134 valence electrons. The number of amides is 1. The van der Waals surface area contributed by atoms with Crippen LogP contribution in [0.4, 0.5) is 10.1 Å². The zero-order valence-electron chi connectivity index (χ0n) is 14.6. The molecule has 2 atom stereocenters. The first-order valence-electron chi connectivity index (χ1n) is 8.86. The molecule has 1 aromatic heterocycles. The van der Waals surface area contributed by atoms with Crippen LogP contribution in [0.3, 0.4) is 0 Å². The van der Waals surface area contributed by atoms with E-state index in [4.69, 9.17) is 4.98 Å². The lowest BCUT2D eigenvalue weighted by molar-refractivity contribution is -0.910. The summed E-state index contributed by atoms with van der Waals surface area (Å²) in [4.78, 5) is 18.4. The minimum absolute atomic E-state index is 0.0868. The van der Waals surface area contributed by atoms with Crippen LogP contribution in [0.1, 0.15) is 29.5 Å². The first-order chi connectivity index (χ1) is 12.6. The van der Waals surface area contributed by atoms with E-state index in [1.165, 1.54) is 15.7 Å². The van der Waals surface area contributed by atoms with Crippen molar-refractivity contribution in [2.24, 2.45) is 0 Å². The van der Waals surface area contributed by atoms with Gasteiger partial charge in [-0.05, 0) is 36.8 Å². The molecule has 26 heavy (non-hydrogen) atoms. The number of quaternary nitrogens is 1. The quantitative estimate of drug-likeness (QED) is 0.741. The third kappa shape index (κ3) is 3.48. The van der Waals surface area contributed by atoms with Gasteiger partial charge in [0.15, 0.2) is 11.6 Å². The maximum absolute atomic E-state index is 13.7. The van der Waals surface area contributed by atoms with Crippen LogP contribution in [0.15, 0.2) is 42.5 Å². The van der Waals surface area contributed by atoms with Crippen LogP contribution in [0.2, 0.25) is 0 Å². The number of carbonyl (C=O) groups excluding carboxylic acids is 1. The van der Waals surface area contributed by atoms with Crippen molar-refractivity contribution in [3.8, 4) is 0 Å². The predicted molar refractivity (Wildman–Crippen MR) is 102 cm³/mol. The van der Waals surface area contributed by atoms with Gasteiger partial charge in [0.05, 0.1) is 16.8 Å². The van der Waals surface area contributed by atoms with Gasteiger partial charge in [0.2, 0.25) is 0 Å². The molecule has 2 aromatic carbocycles. The van der Waals surface area contributed by atoms with Crippen molar-refractivity contribution in [1.82, 2.24) is 4.98 Å². The van der Waals surface area contributed by atoms with Gasteiger partial charge >= 0.3 is 0 Å². The monoisotopic (exact) mass is 370 g/mol. The smallest absolute Gasteiger partial charge is 0.279 e. The first kappa shape index (κ1) is 17.1. The Morgan fingerprint density at radius 2 is 2.19 bits per heavy atom. The van der Waals surface area contributed by atoms with Gasteiger partial charge in [-0.3, -0.25) is 4.79 Å². The van der Waals surface area contributed by atoms with Crippen molar-refractivity contribution in [2.45, 2.75) is 25.8 Å². The lowest BCUT2D eigenvalue weighted by Crippen LogP contribution is -3.11. The average molecular weight is 370 g/mol. The number of aromatic nitrogens is 1. The number of carbonyl (C=O) groups is 1. The molecule has 1 aliphatic rings. The van der Waals surface area contributed by atoms with E-state index < -0.39 is 0 Å². The maximum Gasteiger partial charge on any atom is 0.279 e. The van der Waals surface area contributed by atoms with Gasteiger partial charge in [-0.15, -0.1) is 11.3 Å². The Hall–Kier alpha value is -2.31. The SMILES string of the molecule is Cc1ccc(NC(=O)C[NH+]2CCC[C@H]2c2nc3ccccc3s2)cc1F. The molecule has 0 spiro atoms. The maximum atomic E-state index is 13.7. The van der Waals surface area contributed by atoms with Crippen molar-refractivity contribution < 1.29 is 14.1 Å². The minimum atomic E-state index is -0.302. The van der Waals surface area contributed by atoms with Crippen LogP contribution in [-0.2, 0) is 4.79 Å². The molecule has 1 aliphatic heterocycles. The molecule has 6 heteroatoms. The molecule has 0 saturated carbocycles. The number of para-hydroxylation sites is 1. The summed E-state index contributed by atoms with van der Waals surface area (Å²) in [6.45, 7) is 3.03. The van der Waals surface area contributed by atoms with Gasteiger partial charge in [-0.1, -0.05) is 18.2 Å². The van der Waals surface area contributed by atoms with Crippen LogP contribution in [0, 0.1) is 12.7 Å². The highest BCUT2D eigenvalue weighted by atomic mass is 32.1. The summed E-state index contributed by atoms with van der Waals surface area (Å²) in [6.07, 6.45) is 2.13. The van der Waals surface area contributed by atoms with Gasteiger partial charge in [-0.25, -0.2) is 9.37 Å². The molecule has 0 aliphatic carbocycles. The average Bonchev–Trinajstić information content (AvgIpc) is 3.24. The van der Waals surface area contributed by atoms with E-state index in [0.29, 0.717) is 17.8 Å². The molecule has 1 fully saturated rings. The number of nitrogens with one attached hydrogen (secondary N) is 2. The highest BCUT2D eigenvalue weighted by molar-refractivity contribution is 7.18. The lowest BCUT2D eigenvalue weighted by Gasteiger charge is -2.19. The standard InChI is InChI=1S/C20H20FN3OS/c1-13-8-9-14(11-15(13)21)22-19(25)12-24-10-4-6-17(24)20-23-16-5-2-3-7-18(16)26-20/h2-3,5,7-9,11,17H,4,6,10,12H2,1H3,(H,22,25)/p+1/t17-/m0/s1. The van der Waals surface area contributed by atoms with Gasteiger partial charge in [-0.2, -0.15) is 0 Å². The van der Waals surface area contributed by atoms with Gasteiger partial charge in [0, 0.05) is 18.5 Å². The fourth-order valence-corrected chi connectivity index (χ4v) is 4.70. The number of nitrogens with zero attached hydrogens (tertiary/aromatic N) is 1. The van der Waals surface area contributed by atoms with E-state index in [2.05, 4.69) is 11.4 Å². The van der Waals surface area contributed by atoms with Crippen molar-refractivity contribution in [2.75, 3.05) is 18.4 Å². The van der Waals surface area contributed by atoms with Gasteiger partial charge in [0.1, 0.15) is 11.9 Å². The predicted octanol–water partition coefficient (Wildman–Crippen LogP) is 3.10. The zero-order chi connectivity index (χ0) is 18.1. The van der Waals surface area contributed by atoms with E-state index in [-0.39, 0.29) is 17.8 Å². The first-order valence-corrected chi connectivity index (χ1v) is 9.68. The molecule has 0 radical (unpaired) electrons. The second-order valence-corrected chi connectivity index (χ2v) is 7.87. The topological polar surface area (TPSA) is 46.4 Å². The Bertz CT molecular complexity index is 922. The fraction of sp³-hybridized carbons (Fsp3) is 0.300. The van der Waals surface area contributed by atoms with E-state index in [1.807, 2.05) is 18.2 Å². The number of likely N-dealkylation sites (tertiary alicyclic amines) is 1. The number of hydrogen-bond donors (Lipinski definition) is 2. The minimum Gasteiger partial charge on any atom is -0.321 e. The molecular weight excluding hydrogens is 349 g/mol. The second-order valence-electron chi connectivity index (χ2n) is 6.81. The lowest BCUT2D eigenvalue weighted by atomic mass is 10.2. The number of hydrogen-bond acceptors (Lipinski definition) is 3. The highest BCUT2D eigenvalue weighted by Crippen LogP contribution is 2.28. The third-order valence-corrected chi connectivity index (χ3v) is 6.09. The number of aryl methyl sites for hydroxylation is 1. The summed E-state index contributed by atoms with van der Waals surface area (Å²) >= 11 is 1.72. The normalized spacial score (nSPS) is 19.8. The van der Waals surface area contributed by atoms with Crippen molar-refractivity contribution in [3.63, 3.8) is 0 Å². The Kier molecular flexibility index (Phi) is 4.70. The number of halogens is 1. The number of rotatable bonds is 4. The molecule has 1 amide bonds. The molecule has 1 saturated heterocycles. The fourth-order valence-electron chi connectivity index (χ4n) is 3.54. The number of thiazole rings is 1. The Morgan fingerprint density at radius 3 is 3.00 bits per heavy atom. The Morgan fingerprint density at radius 1 is 1.35 bits per heavy atom. The van der Waals surface area contributed by atoms with E-state index in [1.54, 1.807) is 30.4 Å². The van der Waals surface area contributed by atoms with Crippen molar-refractivity contribution >= 4 is 33.1 Å². The largest absolute Gasteiger partial charge is 0.321 e. The van der Waals surface area contributed by atoms with Gasteiger partial charge in [0.25, 0.3) is 5.91 Å². The van der Waals surface area contributed by atoms with Crippen LogP contribution in [0.25, 0.3) is 10.2 Å². The summed E-state index contributed by atoms with van der Waals surface area (Å²) in [5.41, 5.74) is 2.11. The summed E-state index contributed by atoms with van der Waals surface area (Å²) in [5, 5.41) is 3.92. The highest BCUT2D eigenvalue weighted by Gasteiger charge is 2.34. The molecule has 0 bridgehead atoms. The molecule has 2 N–H and O–H groups in total. The van der Waals surface area contributed by atoms with E-state index in [0.717, 1.165) is 29.9 Å². The second kappa shape index (κ2) is 7.13. The van der Waals surface area contributed by atoms with Crippen molar-refractivity contribution in [3.05, 3.63) is 58.9 Å². The number of fused-ring (bicyclic) bond motifs is 1. The van der Waals surface area contributed by atoms with Gasteiger partial charge < -0.3 is 10.2 Å². The van der Waals surface area contributed by atoms with Crippen LogP contribution >= 0.6 is 11.3 Å². The van der Waals surface area contributed by atoms with E-state index in [9.17, 15) is 9.18 Å². The molecular formula is C20H21FN3OS+. The molecule has 4 nitrogen and oxygen atoms in total. The summed E-state index contributed by atoms with van der Waals surface area (Å²) < 4.78 is 14.8.